The van der Waals surface area contributed by atoms with Crippen LogP contribution in [-0.2, 0) is 4.74 Å². The van der Waals surface area contributed by atoms with Gasteiger partial charge in [-0.3, -0.25) is 0 Å². The van der Waals surface area contributed by atoms with Crippen molar-refractivity contribution in [2.75, 3.05) is 12.3 Å². The van der Waals surface area contributed by atoms with Gasteiger partial charge in [-0.25, -0.2) is 9.78 Å². The molecule has 0 spiro atoms. The Morgan fingerprint density at radius 1 is 1.45 bits per heavy atom. The summed E-state index contributed by atoms with van der Waals surface area (Å²) in [7, 11) is 0. The molecule has 0 fully saturated rings. The lowest BCUT2D eigenvalue weighted by Crippen LogP contribution is -2.34. The van der Waals surface area contributed by atoms with Crippen LogP contribution in [0, 0.1) is 0 Å². The molecule has 2 atom stereocenters. The molecule has 22 heavy (non-hydrogen) atoms. The van der Waals surface area contributed by atoms with Gasteiger partial charge in [0.25, 0.3) is 0 Å². The quantitative estimate of drug-likeness (QED) is 0.538. The molecule has 124 valence electrons. The summed E-state index contributed by atoms with van der Waals surface area (Å²) in [5, 5.41) is 31.8. The number of nitrogens with two attached hydrogens (primary N) is 1. The number of amides is 1. The maximum Gasteiger partial charge on any atom is 0.407 e. The zero-order valence-electron chi connectivity index (χ0n) is 12.9. The minimum Gasteiger partial charge on any atom is -0.504 e. The van der Waals surface area contributed by atoms with Crippen LogP contribution in [0.25, 0.3) is 0 Å². The minimum absolute atomic E-state index is 0.0583. The van der Waals surface area contributed by atoms with Crippen molar-refractivity contribution in [3.63, 3.8) is 0 Å². The number of alkyl carbamates (subject to hydrolysis) is 1. The van der Waals surface area contributed by atoms with Crippen LogP contribution < -0.4 is 11.1 Å². The molecule has 0 saturated carbocycles. The summed E-state index contributed by atoms with van der Waals surface area (Å²) < 4.78 is 5.04. The first-order valence-corrected chi connectivity index (χ1v) is 6.87. The lowest BCUT2D eigenvalue weighted by atomic mass is 10.0. The summed E-state index contributed by atoms with van der Waals surface area (Å²) in [6, 6.07) is 1.23. The normalized spacial score (nSPS) is 14.2. The fourth-order valence-corrected chi connectivity index (χ4v) is 1.66. The summed E-state index contributed by atoms with van der Waals surface area (Å²) in [5.41, 5.74) is 4.99. The third-order valence-electron chi connectivity index (χ3n) is 2.73. The standard InChI is InChI=1S/C14H23N3O5/c1-14(2,3)22-13(21)16-5-4-9(18)11(20)8-6-10(19)12(15)17-7-8/h6-7,9,11,18-20H,4-5H2,1-3H3,(H2,15,17)(H,16,21). The highest BCUT2D eigenvalue weighted by Crippen LogP contribution is 2.24. The predicted molar refractivity (Wildman–Crippen MR) is 80.1 cm³/mol. The smallest absolute Gasteiger partial charge is 0.407 e. The first-order chi connectivity index (χ1) is 10.1. The highest BCUT2D eigenvalue weighted by Gasteiger charge is 2.21. The second-order valence-corrected chi connectivity index (χ2v) is 5.90. The number of nitrogens with zero attached hydrogens (tertiary/aromatic N) is 1. The Labute approximate surface area is 128 Å². The third kappa shape index (κ3) is 5.74. The van der Waals surface area contributed by atoms with E-state index in [1.165, 1.54) is 12.3 Å². The number of aliphatic hydroxyl groups excluding tert-OH is 2. The second kappa shape index (κ2) is 7.28. The number of aromatic nitrogens is 1. The van der Waals surface area contributed by atoms with Gasteiger partial charge in [-0.15, -0.1) is 0 Å². The Kier molecular flexibility index (Phi) is 5.95. The van der Waals surface area contributed by atoms with Gasteiger partial charge in [0.15, 0.2) is 11.6 Å². The van der Waals surface area contributed by atoms with E-state index in [1.807, 2.05) is 0 Å². The van der Waals surface area contributed by atoms with Crippen LogP contribution in [0.2, 0.25) is 0 Å². The molecule has 1 amide bonds. The lowest BCUT2D eigenvalue weighted by Gasteiger charge is -2.21. The maximum atomic E-state index is 11.4. The van der Waals surface area contributed by atoms with Gasteiger partial charge in [0, 0.05) is 18.3 Å². The molecule has 0 aliphatic carbocycles. The van der Waals surface area contributed by atoms with E-state index in [0.29, 0.717) is 0 Å². The molecule has 1 aromatic heterocycles. The number of carbonyl (C=O) groups excluding carboxylic acids is 1. The summed E-state index contributed by atoms with van der Waals surface area (Å²) in [4.78, 5) is 15.1. The average molecular weight is 313 g/mol. The number of carbonyl (C=O) groups is 1. The van der Waals surface area contributed by atoms with E-state index in [-0.39, 0.29) is 30.1 Å². The largest absolute Gasteiger partial charge is 0.504 e. The van der Waals surface area contributed by atoms with Gasteiger partial charge in [0.1, 0.15) is 11.7 Å². The topological polar surface area (TPSA) is 138 Å². The second-order valence-electron chi connectivity index (χ2n) is 5.90. The number of rotatable bonds is 5. The highest BCUT2D eigenvalue weighted by atomic mass is 16.6. The van der Waals surface area contributed by atoms with E-state index in [0.717, 1.165) is 0 Å². The number of ether oxygens (including phenoxy) is 1. The van der Waals surface area contributed by atoms with Crippen molar-refractivity contribution >= 4 is 11.9 Å². The van der Waals surface area contributed by atoms with E-state index in [1.54, 1.807) is 20.8 Å². The van der Waals surface area contributed by atoms with E-state index >= 15 is 0 Å². The first-order valence-electron chi connectivity index (χ1n) is 6.87. The summed E-state index contributed by atoms with van der Waals surface area (Å²) >= 11 is 0. The Morgan fingerprint density at radius 3 is 2.64 bits per heavy atom. The minimum atomic E-state index is -1.25. The molecule has 2 unspecified atom stereocenters. The van der Waals surface area contributed by atoms with Gasteiger partial charge in [-0.05, 0) is 33.3 Å². The van der Waals surface area contributed by atoms with Crippen LogP contribution >= 0.6 is 0 Å². The molecule has 0 bridgehead atoms. The molecule has 8 nitrogen and oxygen atoms in total. The van der Waals surface area contributed by atoms with Gasteiger partial charge < -0.3 is 31.1 Å². The Balaban J connectivity index is 2.46. The number of anilines is 1. The van der Waals surface area contributed by atoms with E-state index in [2.05, 4.69) is 10.3 Å². The summed E-state index contributed by atoms with van der Waals surface area (Å²) in [6.07, 6.45) is -1.62. The van der Waals surface area contributed by atoms with Gasteiger partial charge in [-0.1, -0.05) is 0 Å². The molecule has 6 N–H and O–H groups in total. The molecule has 1 rings (SSSR count). The molecule has 8 heteroatoms. The monoisotopic (exact) mass is 313 g/mol. The number of aromatic hydroxyl groups is 1. The predicted octanol–water partition coefficient (Wildman–Crippen LogP) is 0.678. The first kappa shape index (κ1) is 18.0. The molecule has 0 saturated heterocycles. The lowest BCUT2D eigenvalue weighted by molar-refractivity contribution is 0.0120. The van der Waals surface area contributed by atoms with Crippen molar-refractivity contribution < 1.29 is 24.9 Å². The van der Waals surface area contributed by atoms with Crippen LogP contribution in [0.3, 0.4) is 0 Å². The fraction of sp³-hybridized carbons (Fsp3) is 0.571. The summed E-state index contributed by atoms with van der Waals surface area (Å²) in [5.74, 6) is -0.326. The number of hydrogen-bond acceptors (Lipinski definition) is 7. The van der Waals surface area contributed by atoms with E-state index in [4.69, 9.17) is 10.5 Å². The van der Waals surface area contributed by atoms with Gasteiger partial charge in [0.05, 0.1) is 6.10 Å². The molecule has 1 heterocycles. The summed E-state index contributed by atoms with van der Waals surface area (Å²) in [6.45, 7) is 5.35. The zero-order valence-corrected chi connectivity index (χ0v) is 12.9. The molecule has 1 aromatic rings. The number of pyridine rings is 1. The SMILES string of the molecule is CC(C)(C)OC(=O)NCCC(O)C(O)c1cnc(N)c(O)c1. The zero-order chi connectivity index (χ0) is 16.9. The number of aliphatic hydroxyl groups is 2. The van der Waals surface area contributed by atoms with Crippen LogP contribution in [0.1, 0.15) is 38.9 Å². The number of nitrogen functional groups attached to an aromatic ring is 1. The van der Waals surface area contributed by atoms with Gasteiger partial charge in [0.2, 0.25) is 0 Å². The highest BCUT2D eigenvalue weighted by molar-refractivity contribution is 5.67. The molecular formula is C14H23N3O5. The van der Waals surface area contributed by atoms with Crippen molar-refractivity contribution in [1.82, 2.24) is 10.3 Å². The average Bonchev–Trinajstić information content (AvgIpc) is 2.38. The molecular weight excluding hydrogens is 290 g/mol. The Morgan fingerprint density at radius 2 is 2.09 bits per heavy atom. The molecule has 0 aromatic carbocycles. The van der Waals surface area contributed by atoms with Crippen molar-refractivity contribution in [1.29, 1.82) is 0 Å². The number of hydrogen-bond donors (Lipinski definition) is 5. The van der Waals surface area contributed by atoms with E-state index < -0.39 is 23.9 Å². The van der Waals surface area contributed by atoms with Crippen LogP contribution in [0.4, 0.5) is 10.6 Å². The van der Waals surface area contributed by atoms with Crippen molar-refractivity contribution in [3.8, 4) is 5.75 Å². The third-order valence-corrected chi connectivity index (χ3v) is 2.73. The van der Waals surface area contributed by atoms with Crippen molar-refractivity contribution in [2.45, 2.75) is 45.0 Å². The molecule has 0 radical (unpaired) electrons. The van der Waals surface area contributed by atoms with Gasteiger partial charge in [-0.2, -0.15) is 0 Å². The number of nitrogens with one attached hydrogen (secondary N) is 1. The van der Waals surface area contributed by atoms with Gasteiger partial charge >= 0.3 is 6.09 Å². The van der Waals surface area contributed by atoms with Crippen LogP contribution in [0.15, 0.2) is 12.3 Å². The van der Waals surface area contributed by atoms with Crippen LogP contribution in [-0.4, -0.2) is 44.6 Å². The maximum absolute atomic E-state index is 11.4. The molecule has 0 aliphatic heterocycles. The fourth-order valence-electron chi connectivity index (χ4n) is 1.66. The van der Waals surface area contributed by atoms with Crippen LogP contribution in [0.5, 0.6) is 5.75 Å². The van der Waals surface area contributed by atoms with Crippen molar-refractivity contribution in [3.05, 3.63) is 17.8 Å². The van der Waals surface area contributed by atoms with Crippen molar-refractivity contribution in [2.24, 2.45) is 0 Å². The Bertz CT molecular complexity index is 516. The van der Waals surface area contributed by atoms with E-state index in [9.17, 15) is 20.1 Å². The molecule has 0 aliphatic rings. The Hall–Kier alpha value is -2.06.